The molecule has 0 amide bonds. The third-order valence-corrected chi connectivity index (χ3v) is 3.01. The van der Waals surface area contributed by atoms with E-state index in [0.29, 0.717) is 17.2 Å². The zero-order valence-electron chi connectivity index (χ0n) is 8.56. The van der Waals surface area contributed by atoms with Crippen molar-refractivity contribution in [3.63, 3.8) is 0 Å². The van der Waals surface area contributed by atoms with Crippen LogP contribution in [0.3, 0.4) is 0 Å². The van der Waals surface area contributed by atoms with E-state index in [1.165, 1.54) is 0 Å². The fourth-order valence-corrected chi connectivity index (χ4v) is 2.10. The maximum atomic E-state index is 11.0. The van der Waals surface area contributed by atoms with Gasteiger partial charge >= 0.3 is 5.97 Å². The molecule has 0 unspecified atom stereocenters. The van der Waals surface area contributed by atoms with E-state index in [1.807, 2.05) is 6.07 Å². The van der Waals surface area contributed by atoms with E-state index >= 15 is 0 Å². The van der Waals surface area contributed by atoms with Crippen LogP contribution in [0.1, 0.15) is 21.6 Å². The van der Waals surface area contributed by atoms with Gasteiger partial charge in [0.25, 0.3) is 0 Å². The highest BCUT2D eigenvalue weighted by Crippen LogP contribution is 2.24. The molecule has 2 rings (SSSR count). The van der Waals surface area contributed by atoms with Crippen molar-refractivity contribution in [1.82, 2.24) is 4.37 Å². The van der Waals surface area contributed by atoms with Crippen molar-refractivity contribution in [1.29, 1.82) is 0 Å². The maximum absolute atomic E-state index is 11.0. The number of hydrogen-bond acceptors (Lipinski definition) is 5. The Kier molecular flexibility index (Phi) is 2.91. The number of aromatic carboxylic acids is 1. The minimum absolute atomic E-state index is 0.244. The molecule has 0 fully saturated rings. The first-order chi connectivity index (χ1) is 7.68. The molecule has 16 heavy (non-hydrogen) atoms. The van der Waals surface area contributed by atoms with Gasteiger partial charge in [0.15, 0.2) is 0 Å². The van der Waals surface area contributed by atoms with Gasteiger partial charge in [-0.2, -0.15) is 4.37 Å². The summed E-state index contributed by atoms with van der Waals surface area (Å²) in [6.45, 7) is 2.21. The second-order valence-electron chi connectivity index (χ2n) is 3.26. The second kappa shape index (κ2) is 4.36. The van der Waals surface area contributed by atoms with Crippen LogP contribution >= 0.6 is 11.5 Å². The zero-order valence-corrected chi connectivity index (χ0v) is 9.37. The molecule has 0 aliphatic carbocycles. The average molecular weight is 238 g/mol. The molecule has 0 aliphatic heterocycles. The van der Waals surface area contributed by atoms with Crippen LogP contribution in [0, 0.1) is 6.92 Å². The van der Waals surface area contributed by atoms with E-state index in [9.17, 15) is 4.79 Å². The Morgan fingerprint density at radius 1 is 1.69 bits per heavy atom. The molecule has 2 N–H and O–H groups in total. The number of nitrogens with one attached hydrogen (secondary N) is 1. The summed E-state index contributed by atoms with van der Waals surface area (Å²) in [5, 5.41) is 12.6. The van der Waals surface area contributed by atoms with Crippen molar-refractivity contribution in [2.45, 2.75) is 13.5 Å². The number of carbonyl (C=O) groups is 1. The minimum atomic E-state index is -0.957. The normalized spacial score (nSPS) is 10.3. The van der Waals surface area contributed by atoms with Gasteiger partial charge in [-0.3, -0.25) is 0 Å². The van der Waals surface area contributed by atoms with Crippen LogP contribution in [0.15, 0.2) is 23.0 Å². The van der Waals surface area contributed by atoms with Crippen molar-refractivity contribution in [2.75, 3.05) is 5.32 Å². The van der Waals surface area contributed by atoms with Crippen molar-refractivity contribution in [3.8, 4) is 0 Å². The molecule has 5 nitrogen and oxygen atoms in total. The van der Waals surface area contributed by atoms with Gasteiger partial charge in [0.05, 0.1) is 18.2 Å². The van der Waals surface area contributed by atoms with E-state index in [4.69, 9.17) is 9.52 Å². The summed E-state index contributed by atoms with van der Waals surface area (Å²) in [5.41, 5.74) is 1.74. The Morgan fingerprint density at radius 2 is 2.50 bits per heavy atom. The molecule has 6 heteroatoms. The molecule has 84 valence electrons. The molecule has 2 aromatic rings. The number of furan rings is 1. The van der Waals surface area contributed by atoms with Crippen molar-refractivity contribution in [3.05, 3.63) is 35.4 Å². The van der Waals surface area contributed by atoms with E-state index < -0.39 is 5.97 Å². The monoisotopic (exact) mass is 238 g/mol. The molecule has 0 aromatic carbocycles. The summed E-state index contributed by atoms with van der Waals surface area (Å²) in [7, 11) is 0. The van der Waals surface area contributed by atoms with Crippen LogP contribution in [0.4, 0.5) is 5.00 Å². The highest BCUT2D eigenvalue weighted by molar-refractivity contribution is 7.10. The Labute approximate surface area is 95.9 Å². The minimum Gasteiger partial charge on any atom is -0.478 e. The third-order valence-electron chi connectivity index (χ3n) is 2.11. The lowest BCUT2D eigenvalue weighted by molar-refractivity contribution is 0.0697. The Balaban J connectivity index is 2.13. The van der Waals surface area contributed by atoms with Gasteiger partial charge in [-0.15, -0.1) is 0 Å². The number of carboxylic acid groups (broad SMARTS) is 1. The molecule has 0 radical (unpaired) electrons. The fraction of sp³-hybridized carbons (Fsp3) is 0.200. The number of aryl methyl sites for hydroxylation is 1. The lowest BCUT2D eigenvalue weighted by Crippen LogP contribution is -2.04. The summed E-state index contributed by atoms with van der Waals surface area (Å²) in [6.07, 6.45) is 3.19. The van der Waals surface area contributed by atoms with Gasteiger partial charge in [-0.1, -0.05) is 0 Å². The van der Waals surface area contributed by atoms with Crippen LogP contribution in [-0.2, 0) is 6.54 Å². The number of anilines is 1. The first-order valence-corrected chi connectivity index (χ1v) is 5.40. The van der Waals surface area contributed by atoms with Gasteiger partial charge in [0.1, 0.15) is 10.6 Å². The molecular formula is C10H10N2O3S. The van der Waals surface area contributed by atoms with Crippen LogP contribution < -0.4 is 5.32 Å². The molecular weight excluding hydrogens is 228 g/mol. The lowest BCUT2D eigenvalue weighted by Gasteiger charge is -2.02. The predicted octanol–water partition coefficient (Wildman–Crippen LogP) is 2.35. The summed E-state index contributed by atoms with van der Waals surface area (Å²) in [5.74, 6) is -0.957. The molecule has 2 aromatic heterocycles. The van der Waals surface area contributed by atoms with Gasteiger partial charge in [0, 0.05) is 12.1 Å². The Morgan fingerprint density at radius 3 is 3.12 bits per heavy atom. The van der Waals surface area contributed by atoms with Gasteiger partial charge < -0.3 is 14.8 Å². The van der Waals surface area contributed by atoms with E-state index in [1.54, 1.807) is 19.5 Å². The second-order valence-corrected chi connectivity index (χ2v) is 4.04. The molecule has 0 saturated carbocycles. The number of hydrogen-bond donors (Lipinski definition) is 2. The molecule has 0 aliphatic rings. The first kappa shape index (κ1) is 10.7. The standard InChI is InChI=1S/C10H10N2O3S/c1-6-8(10(13)14)9(16-12-6)11-4-7-2-3-15-5-7/h2-3,5,11H,4H2,1H3,(H,13,14). The highest BCUT2D eigenvalue weighted by atomic mass is 32.1. The molecule has 0 bridgehead atoms. The van der Waals surface area contributed by atoms with Crippen molar-refractivity contribution >= 4 is 22.5 Å². The Hall–Kier alpha value is -1.82. The number of carboxylic acids is 1. The average Bonchev–Trinajstić information content (AvgIpc) is 2.83. The van der Waals surface area contributed by atoms with Crippen LogP contribution in [0.25, 0.3) is 0 Å². The first-order valence-electron chi connectivity index (χ1n) is 4.63. The van der Waals surface area contributed by atoms with Gasteiger partial charge in [-0.05, 0) is 24.5 Å². The SMILES string of the molecule is Cc1nsc(NCc2ccoc2)c1C(=O)O. The van der Waals surface area contributed by atoms with Crippen LogP contribution in [0.5, 0.6) is 0 Å². The smallest absolute Gasteiger partial charge is 0.340 e. The largest absolute Gasteiger partial charge is 0.478 e. The summed E-state index contributed by atoms with van der Waals surface area (Å²) in [4.78, 5) is 11.0. The van der Waals surface area contributed by atoms with Gasteiger partial charge in [0.2, 0.25) is 0 Å². The van der Waals surface area contributed by atoms with E-state index in [2.05, 4.69) is 9.69 Å². The number of rotatable bonds is 4. The quantitative estimate of drug-likeness (QED) is 0.855. The maximum Gasteiger partial charge on any atom is 0.340 e. The molecule has 0 atom stereocenters. The van der Waals surface area contributed by atoms with Crippen LogP contribution in [-0.4, -0.2) is 15.4 Å². The third kappa shape index (κ3) is 2.06. The Bertz CT molecular complexity index is 490. The summed E-state index contributed by atoms with van der Waals surface area (Å²) < 4.78 is 8.93. The fourth-order valence-electron chi connectivity index (χ4n) is 1.32. The van der Waals surface area contributed by atoms with E-state index in [-0.39, 0.29) is 5.56 Å². The van der Waals surface area contributed by atoms with Crippen LogP contribution in [0.2, 0.25) is 0 Å². The van der Waals surface area contributed by atoms with Crippen molar-refractivity contribution < 1.29 is 14.3 Å². The molecule has 2 heterocycles. The van der Waals surface area contributed by atoms with Crippen molar-refractivity contribution in [2.24, 2.45) is 0 Å². The highest BCUT2D eigenvalue weighted by Gasteiger charge is 2.16. The predicted molar refractivity (Wildman–Crippen MR) is 59.8 cm³/mol. The molecule has 0 saturated heterocycles. The zero-order chi connectivity index (χ0) is 11.5. The van der Waals surface area contributed by atoms with E-state index in [0.717, 1.165) is 17.1 Å². The molecule has 0 spiro atoms. The lowest BCUT2D eigenvalue weighted by atomic mass is 10.2. The van der Waals surface area contributed by atoms with Gasteiger partial charge in [-0.25, -0.2) is 4.79 Å². The topological polar surface area (TPSA) is 75.4 Å². The summed E-state index contributed by atoms with van der Waals surface area (Å²) in [6, 6.07) is 1.82. The number of nitrogens with zero attached hydrogens (tertiary/aromatic N) is 1. The number of aromatic nitrogens is 1. The summed E-state index contributed by atoms with van der Waals surface area (Å²) >= 11 is 1.15.